The Morgan fingerprint density at radius 2 is 1.75 bits per heavy atom. The number of aryl methyl sites for hydroxylation is 1. The summed E-state index contributed by atoms with van der Waals surface area (Å²) in [5, 5.41) is 5.31. The van der Waals surface area contributed by atoms with Gasteiger partial charge < -0.3 is 20.1 Å². The first kappa shape index (κ1) is 29.2. The molecule has 40 heavy (non-hydrogen) atoms. The van der Waals surface area contributed by atoms with Crippen molar-refractivity contribution in [3.63, 3.8) is 0 Å². The Morgan fingerprint density at radius 3 is 2.48 bits per heavy atom. The molecule has 12 heteroatoms. The third-order valence-electron chi connectivity index (χ3n) is 5.52. The monoisotopic (exact) mass is 643 g/mol. The van der Waals surface area contributed by atoms with E-state index in [1.54, 1.807) is 54.6 Å². The number of rotatable bonds is 9. The van der Waals surface area contributed by atoms with E-state index in [4.69, 9.17) is 21.1 Å². The van der Waals surface area contributed by atoms with E-state index in [0.29, 0.717) is 37.9 Å². The topological polar surface area (TPSA) is 114 Å². The summed E-state index contributed by atoms with van der Waals surface area (Å²) in [6.45, 7) is 1.21. The highest BCUT2D eigenvalue weighted by Gasteiger charge is 2.36. The summed E-state index contributed by atoms with van der Waals surface area (Å²) >= 11 is 10.1. The van der Waals surface area contributed by atoms with Crippen molar-refractivity contribution < 1.29 is 28.7 Å². The molecule has 1 fully saturated rings. The van der Waals surface area contributed by atoms with Gasteiger partial charge in [0.25, 0.3) is 17.1 Å². The zero-order valence-electron chi connectivity index (χ0n) is 21.3. The molecule has 206 valence electrons. The molecule has 0 aromatic heterocycles. The van der Waals surface area contributed by atoms with Crippen molar-refractivity contribution in [2.24, 2.45) is 0 Å². The minimum Gasteiger partial charge on any atom is -0.493 e. The average molecular weight is 645 g/mol. The van der Waals surface area contributed by atoms with Gasteiger partial charge in [0.1, 0.15) is 6.54 Å². The van der Waals surface area contributed by atoms with Crippen LogP contribution in [0.1, 0.15) is 11.1 Å². The number of anilines is 2. The van der Waals surface area contributed by atoms with Crippen LogP contribution in [0.15, 0.2) is 70.0 Å². The first-order chi connectivity index (χ1) is 19.1. The maximum Gasteiger partial charge on any atom is 0.294 e. The number of ether oxygens (including phenoxy) is 2. The Balaban J connectivity index is 1.38. The lowest BCUT2D eigenvalue weighted by Crippen LogP contribution is -2.36. The van der Waals surface area contributed by atoms with Crippen LogP contribution in [-0.2, 0) is 14.4 Å². The van der Waals surface area contributed by atoms with Gasteiger partial charge in [0.15, 0.2) is 18.1 Å². The van der Waals surface area contributed by atoms with E-state index in [1.165, 1.54) is 13.2 Å². The van der Waals surface area contributed by atoms with Crippen LogP contribution < -0.4 is 20.1 Å². The lowest BCUT2D eigenvalue weighted by molar-refractivity contribution is -0.127. The first-order valence-electron chi connectivity index (χ1n) is 11.8. The predicted molar refractivity (Wildman–Crippen MR) is 159 cm³/mol. The molecular weight excluding hydrogens is 622 g/mol. The molecule has 9 nitrogen and oxygen atoms in total. The van der Waals surface area contributed by atoms with Crippen molar-refractivity contribution in [2.75, 3.05) is 30.9 Å². The van der Waals surface area contributed by atoms with Crippen LogP contribution in [0, 0.1) is 6.92 Å². The Morgan fingerprint density at radius 1 is 1.00 bits per heavy atom. The lowest BCUT2D eigenvalue weighted by Gasteiger charge is -2.13. The molecule has 3 aromatic rings. The second-order valence-corrected chi connectivity index (χ2v) is 10.8. The first-order valence-corrected chi connectivity index (χ1v) is 13.8. The van der Waals surface area contributed by atoms with Gasteiger partial charge in [0.2, 0.25) is 5.91 Å². The van der Waals surface area contributed by atoms with Crippen molar-refractivity contribution in [1.82, 2.24) is 4.90 Å². The zero-order chi connectivity index (χ0) is 28.8. The smallest absolute Gasteiger partial charge is 0.294 e. The van der Waals surface area contributed by atoms with Gasteiger partial charge in [-0.25, -0.2) is 0 Å². The van der Waals surface area contributed by atoms with Crippen molar-refractivity contribution in [1.29, 1.82) is 0 Å². The summed E-state index contributed by atoms with van der Waals surface area (Å²) in [5.74, 6) is -0.817. The van der Waals surface area contributed by atoms with Crippen LogP contribution in [0.3, 0.4) is 0 Å². The fourth-order valence-corrected chi connectivity index (χ4v) is 4.93. The van der Waals surface area contributed by atoms with Crippen molar-refractivity contribution in [3.05, 3.63) is 86.2 Å². The number of hydrogen-bond donors (Lipinski definition) is 2. The van der Waals surface area contributed by atoms with Crippen molar-refractivity contribution >= 4 is 79.7 Å². The van der Waals surface area contributed by atoms with E-state index >= 15 is 0 Å². The average Bonchev–Trinajstić information content (AvgIpc) is 3.17. The molecule has 4 amide bonds. The van der Waals surface area contributed by atoms with Crippen LogP contribution in [0.25, 0.3) is 6.08 Å². The Hall–Kier alpha value is -3.80. The third-order valence-corrected chi connectivity index (χ3v) is 7.66. The van der Waals surface area contributed by atoms with Crippen LogP contribution in [-0.4, -0.2) is 48.1 Å². The van der Waals surface area contributed by atoms with Gasteiger partial charge in [0.05, 0.1) is 17.0 Å². The summed E-state index contributed by atoms with van der Waals surface area (Å²) in [6, 6.07) is 17.1. The lowest BCUT2D eigenvalue weighted by atomic mass is 10.2. The van der Waals surface area contributed by atoms with Crippen molar-refractivity contribution in [3.8, 4) is 11.5 Å². The molecule has 0 atom stereocenters. The molecule has 0 radical (unpaired) electrons. The number of thioether (sulfide) groups is 1. The quantitative estimate of drug-likeness (QED) is 0.270. The maximum atomic E-state index is 12.9. The van der Waals surface area contributed by atoms with Gasteiger partial charge in [-0.1, -0.05) is 29.8 Å². The molecule has 1 aliphatic heterocycles. The molecule has 4 rings (SSSR count). The van der Waals surface area contributed by atoms with E-state index in [-0.39, 0.29) is 11.5 Å². The van der Waals surface area contributed by atoms with E-state index in [9.17, 15) is 19.2 Å². The minimum absolute atomic E-state index is 0.164. The summed E-state index contributed by atoms with van der Waals surface area (Å²) in [7, 11) is 1.44. The standard InChI is InChI=1S/C28H23BrClN3O6S/c1-16-4-3-5-18(10-16)31-25(34)14-33-27(36)24(40-28(33)37)12-17-6-9-22(23(11-17)38-2)39-15-26(35)32-19-7-8-20(29)21(30)13-19/h3-13H,14-15H2,1-2H3,(H,31,34)(H,32,35)/b24-12+. The molecule has 0 unspecified atom stereocenters. The van der Waals surface area contributed by atoms with Crippen LogP contribution >= 0.6 is 39.3 Å². The number of methoxy groups -OCH3 is 1. The highest BCUT2D eigenvalue weighted by molar-refractivity contribution is 9.10. The van der Waals surface area contributed by atoms with Crippen LogP contribution in [0.5, 0.6) is 11.5 Å². The molecule has 0 saturated carbocycles. The number of imide groups is 1. The number of nitrogens with zero attached hydrogens (tertiary/aromatic N) is 1. The maximum absolute atomic E-state index is 12.9. The highest BCUT2D eigenvalue weighted by atomic mass is 79.9. The fourth-order valence-electron chi connectivity index (χ4n) is 3.66. The molecule has 1 aliphatic rings. The second kappa shape index (κ2) is 13.0. The molecular formula is C28H23BrClN3O6S. The summed E-state index contributed by atoms with van der Waals surface area (Å²) < 4.78 is 11.7. The Kier molecular flexibility index (Phi) is 9.51. The van der Waals surface area contributed by atoms with E-state index in [2.05, 4.69) is 26.6 Å². The highest BCUT2D eigenvalue weighted by Crippen LogP contribution is 2.34. The largest absolute Gasteiger partial charge is 0.493 e. The number of nitrogens with one attached hydrogen (secondary N) is 2. The number of carbonyl (C=O) groups is 4. The van der Waals surface area contributed by atoms with Gasteiger partial charge in [-0.3, -0.25) is 24.1 Å². The normalized spacial score (nSPS) is 13.9. The summed E-state index contributed by atoms with van der Waals surface area (Å²) in [5.41, 5.74) is 2.63. The number of benzene rings is 3. The van der Waals surface area contributed by atoms with Gasteiger partial charge in [-0.2, -0.15) is 0 Å². The predicted octanol–water partition coefficient (Wildman–Crippen LogP) is 6.11. The molecule has 0 spiro atoms. The molecule has 0 bridgehead atoms. The minimum atomic E-state index is -0.571. The second-order valence-electron chi connectivity index (χ2n) is 8.56. The van der Waals surface area contributed by atoms with Gasteiger partial charge in [-0.05, 0) is 94.3 Å². The summed E-state index contributed by atoms with van der Waals surface area (Å²) in [6.07, 6.45) is 1.53. The van der Waals surface area contributed by atoms with Crippen LogP contribution in [0.2, 0.25) is 5.02 Å². The van der Waals surface area contributed by atoms with Gasteiger partial charge >= 0.3 is 0 Å². The SMILES string of the molecule is COc1cc(/C=C2/SC(=O)N(CC(=O)Nc3cccc(C)c3)C2=O)ccc1OCC(=O)Nc1ccc(Br)c(Cl)c1. The number of carbonyl (C=O) groups excluding carboxylic acids is 4. The van der Waals surface area contributed by atoms with Gasteiger partial charge in [-0.15, -0.1) is 0 Å². The molecule has 2 N–H and O–H groups in total. The van der Waals surface area contributed by atoms with E-state index in [1.807, 2.05) is 13.0 Å². The number of amides is 4. The molecule has 3 aromatic carbocycles. The fraction of sp³-hybridized carbons (Fsp3) is 0.143. The molecule has 0 aliphatic carbocycles. The third kappa shape index (κ3) is 7.44. The molecule has 1 heterocycles. The van der Waals surface area contributed by atoms with Crippen LogP contribution in [0.4, 0.5) is 16.2 Å². The van der Waals surface area contributed by atoms with E-state index < -0.39 is 29.5 Å². The number of halogens is 2. The number of hydrogen-bond acceptors (Lipinski definition) is 7. The van der Waals surface area contributed by atoms with Gasteiger partial charge in [0, 0.05) is 15.8 Å². The molecule has 1 saturated heterocycles. The van der Waals surface area contributed by atoms with Crippen molar-refractivity contribution in [2.45, 2.75) is 6.92 Å². The Labute approximate surface area is 248 Å². The summed E-state index contributed by atoms with van der Waals surface area (Å²) in [4.78, 5) is 51.2. The van der Waals surface area contributed by atoms with E-state index in [0.717, 1.165) is 22.2 Å². The zero-order valence-corrected chi connectivity index (χ0v) is 24.5. The Bertz CT molecular complexity index is 1530.